The Morgan fingerprint density at radius 3 is 2.75 bits per heavy atom. The van der Waals surface area contributed by atoms with Crippen LogP contribution in [0.3, 0.4) is 0 Å². The topological polar surface area (TPSA) is 80.5 Å². The molecule has 0 atom stereocenters. The third-order valence-electron chi connectivity index (χ3n) is 5.04. The summed E-state index contributed by atoms with van der Waals surface area (Å²) in [6.07, 6.45) is 7.80. The summed E-state index contributed by atoms with van der Waals surface area (Å²) < 4.78 is 11.9. The first-order valence-electron chi connectivity index (χ1n) is 9.63. The maximum absolute atomic E-state index is 11.2. The van der Waals surface area contributed by atoms with E-state index in [1.807, 2.05) is 18.2 Å². The second-order valence-corrected chi connectivity index (χ2v) is 7.19. The van der Waals surface area contributed by atoms with Gasteiger partial charge in [0.25, 0.3) is 6.01 Å². The third kappa shape index (κ3) is 4.08. The minimum absolute atomic E-state index is 0.178. The molecule has 0 radical (unpaired) electrons. The van der Waals surface area contributed by atoms with Crippen molar-refractivity contribution in [3.05, 3.63) is 36.5 Å². The molecule has 3 aromatic rings. The molecule has 0 unspecified atom stereocenters. The minimum Gasteiger partial charge on any atom is -0.457 e. The smallest absolute Gasteiger partial charge is 0.298 e. The van der Waals surface area contributed by atoms with E-state index in [0.717, 1.165) is 5.52 Å². The monoisotopic (exact) mass is 380 g/mol. The zero-order valence-electron chi connectivity index (χ0n) is 16.1. The molecule has 1 aromatic carbocycles. The molecule has 4 rings (SSSR count). The highest BCUT2D eigenvalue weighted by molar-refractivity contribution is 5.87. The first-order chi connectivity index (χ1) is 13.6. The number of hydrogen-bond donors (Lipinski definition) is 1. The number of oxazole rings is 1. The second-order valence-electron chi connectivity index (χ2n) is 7.19. The van der Waals surface area contributed by atoms with Crippen molar-refractivity contribution in [2.75, 3.05) is 17.3 Å². The van der Waals surface area contributed by atoms with Crippen LogP contribution in [-0.2, 0) is 4.79 Å². The van der Waals surface area contributed by atoms with Crippen molar-refractivity contribution in [2.24, 2.45) is 0 Å². The standard InChI is InChI=1S/C21H24N4O3/c1-14(26)23-20-13-17(10-11-22-20)27-16-8-9-18-19(12-16)28-21(24-18)25(2)15-6-4-3-5-7-15/h8-13,15H,3-7H2,1-2H3,(H,22,23,26). The molecule has 1 fully saturated rings. The van der Waals surface area contributed by atoms with Crippen molar-refractivity contribution >= 4 is 28.8 Å². The van der Waals surface area contributed by atoms with Crippen LogP contribution in [0, 0.1) is 0 Å². The number of pyridine rings is 1. The lowest BCUT2D eigenvalue weighted by Gasteiger charge is -2.29. The molecule has 1 amide bonds. The fourth-order valence-corrected chi connectivity index (χ4v) is 3.59. The minimum atomic E-state index is -0.178. The largest absolute Gasteiger partial charge is 0.457 e. The first-order valence-corrected chi connectivity index (χ1v) is 9.63. The lowest BCUT2D eigenvalue weighted by Crippen LogP contribution is -2.33. The SMILES string of the molecule is CC(=O)Nc1cc(Oc2ccc3nc(N(C)C4CCCCC4)oc3c2)ccn1. The van der Waals surface area contributed by atoms with Crippen molar-refractivity contribution < 1.29 is 13.9 Å². The molecule has 2 aromatic heterocycles. The Morgan fingerprint density at radius 2 is 1.96 bits per heavy atom. The number of fused-ring (bicyclic) bond motifs is 1. The van der Waals surface area contributed by atoms with E-state index in [1.54, 1.807) is 18.3 Å². The Bertz CT molecular complexity index is 979. The quantitative estimate of drug-likeness (QED) is 0.688. The van der Waals surface area contributed by atoms with Gasteiger partial charge in [-0.1, -0.05) is 19.3 Å². The van der Waals surface area contributed by atoms with Crippen LogP contribution in [-0.4, -0.2) is 29.0 Å². The maximum atomic E-state index is 11.2. The number of amides is 1. The van der Waals surface area contributed by atoms with Crippen LogP contribution >= 0.6 is 0 Å². The number of rotatable bonds is 5. The van der Waals surface area contributed by atoms with Crippen molar-refractivity contribution in [1.29, 1.82) is 0 Å². The molecule has 0 spiro atoms. The van der Waals surface area contributed by atoms with E-state index in [4.69, 9.17) is 9.15 Å². The number of anilines is 2. The van der Waals surface area contributed by atoms with E-state index < -0.39 is 0 Å². The van der Waals surface area contributed by atoms with Gasteiger partial charge < -0.3 is 19.4 Å². The van der Waals surface area contributed by atoms with Crippen molar-refractivity contribution in [3.63, 3.8) is 0 Å². The van der Waals surface area contributed by atoms with Crippen LogP contribution in [0.1, 0.15) is 39.0 Å². The molecule has 146 valence electrons. The lowest BCUT2D eigenvalue weighted by atomic mass is 9.95. The van der Waals surface area contributed by atoms with Crippen molar-refractivity contribution in [3.8, 4) is 11.5 Å². The molecule has 0 saturated heterocycles. The van der Waals surface area contributed by atoms with Gasteiger partial charge in [0, 0.05) is 38.3 Å². The van der Waals surface area contributed by atoms with Gasteiger partial charge in [-0.25, -0.2) is 4.98 Å². The van der Waals surface area contributed by atoms with Crippen LogP contribution in [0.15, 0.2) is 40.9 Å². The maximum Gasteiger partial charge on any atom is 0.298 e. The van der Waals surface area contributed by atoms with E-state index in [2.05, 4.69) is 27.2 Å². The Hall–Kier alpha value is -3.09. The molecule has 7 heteroatoms. The molecular formula is C21H24N4O3. The highest BCUT2D eigenvalue weighted by atomic mass is 16.5. The molecule has 1 saturated carbocycles. The van der Waals surface area contributed by atoms with Gasteiger partial charge in [-0.05, 0) is 31.0 Å². The van der Waals surface area contributed by atoms with E-state index in [1.165, 1.54) is 39.0 Å². The summed E-state index contributed by atoms with van der Waals surface area (Å²) in [6.45, 7) is 1.44. The van der Waals surface area contributed by atoms with Crippen molar-refractivity contribution in [2.45, 2.75) is 45.1 Å². The predicted octanol–water partition coefficient (Wildman–Crippen LogP) is 4.74. The third-order valence-corrected chi connectivity index (χ3v) is 5.04. The van der Waals surface area contributed by atoms with Crippen LogP contribution in [0.5, 0.6) is 11.5 Å². The zero-order valence-corrected chi connectivity index (χ0v) is 16.1. The van der Waals surface area contributed by atoms with Crippen molar-refractivity contribution in [1.82, 2.24) is 9.97 Å². The summed E-state index contributed by atoms with van der Waals surface area (Å²) in [5, 5.41) is 2.64. The first kappa shape index (κ1) is 18.3. The normalized spacial score (nSPS) is 14.8. The van der Waals surface area contributed by atoms with Crippen LogP contribution in [0.2, 0.25) is 0 Å². The van der Waals surface area contributed by atoms with Crippen LogP contribution in [0.25, 0.3) is 11.1 Å². The number of hydrogen-bond acceptors (Lipinski definition) is 6. The Kier molecular flexibility index (Phi) is 5.14. The molecular weight excluding hydrogens is 356 g/mol. The van der Waals surface area contributed by atoms with Gasteiger partial charge in [-0.3, -0.25) is 4.79 Å². The number of nitrogens with one attached hydrogen (secondary N) is 1. The Morgan fingerprint density at radius 1 is 1.18 bits per heavy atom. The summed E-state index contributed by atoms with van der Waals surface area (Å²) in [7, 11) is 2.05. The number of benzene rings is 1. The summed E-state index contributed by atoms with van der Waals surface area (Å²) in [5.74, 6) is 1.48. The summed E-state index contributed by atoms with van der Waals surface area (Å²) >= 11 is 0. The van der Waals surface area contributed by atoms with E-state index in [0.29, 0.717) is 35.0 Å². The molecule has 7 nitrogen and oxygen atoms in total. The van der Waals surface area contributed by atoms with Gasteiger partial charge in [0.1, 0.15) is 22.8 Å². The van der Waals surface area contributed by atoms with Gasteiger partial charge >= 0.3 is 0 Å². The van der Waals surface area contributed by atoms with Crippen LogP contribution < -0.4 is 15.0 Å². The van der Waals surface area contributed by atoms with Crippen LogP contribution in [0.4, 0.5) is 11.8 Å². The van der Waals surface area contributed by atoms with Gasteiger partial charge in [-0.2, -0.15) is 4.98 Å². The van der Waals surface area contributed by atoms with E-state index >= 15 is 0 Å². The number of aromatic nitrogens is 2. The lowest BCUT2D eigenvalue weighted by molar-refractivity contribution is -0.114. The fourth-order valence-electron chi connectivity index (χ4n) is 3.59. The van der Waals surface area contributed by atoms with Gasteiger partial charge in [0.2, 0.25) is 5.91 Å². The predicted molar refractivity (Wildman–Crippen MR) is 108 cm³/mol. The van der Waals surface area contributed by atoms with Gasteiger partial charge in [0.05, 0.1) is 0 Å². The summed E-state index contributed by atoms with van der Waals surface area (Å²) in [5.41, 5.74) is 1.49. The number of carbonyl (C=O) groups excluding carboxylic acids is 1. The zero-order chi connectivity index (χ0) is 19.5. The average Bonchev–Trinajstić information content (AvgIpc) is 3.11. The number of carbonyl (C=O) groups is 1. The highest BCUT2D eigenvalue weighted by Crippen LogP contribution is 2.31. The number of nitrogens with zero attached hydrogens (tertiary/aromatic N) is 3. The molecule has 28 heavy (non-hydrogen) atoms. The molecule has 1 aliphatic rings. The number of ether oxygens (including phenoxy) is 1. The Labute approximate surface area is 163 Å². The molecule has 0 aliphatic heterocycles. The van der Waals surface area contributed by atoms with E-state index in [9.17, 15) is 4.79 Å². The van der Waals surface area contributed by atoms with Gasteiger partial charge in [0.15, 0.2) is 5.58 Å². The Balaban J connectivity index is 1.52. The molecule has 0 bridgehead atoms. The molecule has 1 aliphatic carbocycles. The highest BCUT2D eigenvalue weighted by Gasteiger charge is 2.22. The summed E-state index contributed by atoms with van der Waals surface area (Å²) in [6, 6.07) is 10.1. The molecule has 1 N–H and O–H groups in total. The summed E-state index contributed by atoms with van der Waals surface area (Å²) in [4.78, 5) is 22.1. The molecule has 2 heterocycles. The average molecular weight is 380 g/mol. The second kappa shape index (κ2) is 7.88. The van der Waals surface area contributed by atoms with E-state index in [-0.39, 0.29) is 5.91 Å². The fraction of sp³-hybridized carbons (Fsp3) is 0.381. The van der Waals surface area contributed by atoms with Gasteiger partial charge in [-0.15, -0.1) is 0 Å².